The van der Waals surface area contributed by atoms with Crippen molar-refractivity contribution in [2.45, 2.75) is 38.9 Å². The van der Waals surface area contributed by atoms with Gasteiger partial charge in [-0.15, -0.1) is 0 Å². The number of carbonyl (C=O) groups is 1. The van der Waals surface area contributed by atoms with E-state index in [-0.39, 0.29) is 12.2 Å². The van der Waals surface area contributed by atoms with Crippen LogP contribution in [0.1, 0.15) is 33.3 Å². The van der Waals surface area contributed by atoms with E-state index in [1.165, 1.54) is 0 Å². The van der Waals surface area contributed by atoms with Crippen molar-refractivity contribution in [3.8, 4) is 5.75 Å². The lowest BCUT2D eigenvalue weighted by Gasteiger charge is -2.32. The van der Waals surface area contributed by atoms with Crippen molar-refractivity contribution in [3.05, 3.63) is 66.2 Å². The Morgan fingerprint density at radius 1 is 0.875 bits per heavy atom. The Hall–Kier alpha value is -2.33. The van der Waals surface area contributed by atoms with Crippen molar-refractivity contribution in [3.63, 3.8) is 0 Å². The number of carbonyl (C=O) groups excluding carboxylic acids is 1. The molecule has 128 valence electrons. The molecule has 0 heterocycles. The standard InChI is InChI=1S/C20H24O4/c1-19(2,3)22-15-20(4,16-11-7-5-8-12-16)24-18(21)23-17-13-9-6-10-14-17/h5-14H,15H2,1-4H3. The molecule has 0 bridgehead atoms. The fraction of sp³-hybridized carbons (Fsp3) is 0.350. The van der Waals surface area contributed by atoms with Gasteiger partial charge < -0.3 is 14.2 Å². The predicted octanol–water partition coefficient (Wildman–Crippen LogP) is 4.93. The molecule has 0 saturated heterocycles. The number of benzene rings is 2. The van der Waals surface area contributed by atoms with Crippen LogP contribution in [-0.2, 0) is 15.1 Å². The van der Waals surface area contributed by atoms with Crippen LogP contribution in [0.5, 0.6) is 5.75 Å². The first-order valence-corrected chi connectivity index (χ1v) is 7.94. The highest BCUT2D eigenvalue weighted by Gasteiger charge is 2.34. The van der Waals surface area contributed by atoms with E-state index in [9.17, 15) is 4.79 Å². The van der Waals surface area contributed by atoms with Crippen LogP contribution in [0.25, 0.3) is 0 Å². The van der Waals surface area contributed by atoms with E-state index in [1.807, 2.05) is 64.1 Å². The number of hydrogen-bond acceptors (Lipinski definition) is 4. The van der Waals surface area contributed by atoms with Crippen molar-refractivity contribution in [2.24, 2.45) is 0 Å². The number of rotatable bonds is 5. The van der Waals surface area contributed by atoms with Gasteiger partial charge in [0.15, 0.2) is 5.60 Å². The van der Waals surface area contributed by atoms with Crippen LogP contribution in [0.2, 0.25) is 0 Å². The first kappa shape index (κ1) is 18.0. The van der Waals surface area contributed by atoms with Crippen LogP contribution in [0.4, 0.5) is 4.79 Å². The molecule has 4 heteroatoms. The topological polar surface area (TPSA) is 44.8 Å². The van der Waals surface area contributed by atoms with E-state index in [1.54, 1.807) is 24.3 Å². The van der Waals surface area contributed by atoms with Gasteiger partial charge in [-0.05, 0) is 45.4 Å². The Labute approximate surface area is 143 Å². The van der Waals surface area contributed by atoms with Gasteiger partial charge in [0.05, 0.1) is 12.2 Å². The van der Waals surface area contributed by atoms with Crippen molar-refractivity contribution >= 4 is 6.16 Å². The van der Waals surface area contributed by atoms with Crippen LogP contribution in [-0.4, -0.2) is 18.4 Å². The molecule has 0 aliphatic heterocycles. The maximum atomic E-state index is 12.2. The Morgan fingerprint density at radius 2 is 1.42 bits per heavy atom. The molecule has 0 aromatic heterocycles. The average molecular weight is 328 g/mol. The van der Waals surface area contributed by atoms with Gasteiger partial charge in [-0.25, -0.2) is 4.79 Å². The van der Waals surface area contributed by atoms with Crippen molar-refractivity contribution in [1.29, 1.82) is 0 Å². The summed E-state index contributed by atoms with van der Waals surface area (Å²) in [7, 11) is 0. The third-order valence-corrected chi connectivity index (χ3v) is 3.42. The average Bonchev–Trinajstić information content (AvgIpc) is 2.54. The van der Waals surface area contributed by atoms with Crippen molar-refractivity contribution in [2.75, 3.05) is 6.61 Å². The van der Waals surface area contributed by atoms with E-state index >= 15 is 0 Å². The van der Waals surface area contributed by atoms with Gasteiger partial charge in [0.25, 0.3) is 0 Å². The minimum absolute atomic E-state index is 0.227. The highest BCUT2D eigenvalue weighted by molar-refractivity contribution is 5.64. The van der Waals surface area contributed by atoms with Gasteiger partial charge >= 0.3 is 6.16 Å². The molecule has 24 heavy (non-hydrogen) atoms. The molecular weight excluding hydrogens is 304 g/mol. The highest BCUT2D eigenvalue weighted by Crippen LogP contribution is 2.28. The Kier molecular flexibility index (Phi) is 5.62. The van der Waals surface area contributed by atoms with Crippen LogP contribution >= 0.6 is 0 Å². The third kappa shape index (κ3) is 5.39. The highest BCUT2D eigenvalue weighted by atomic mass is 16.7. The Morgan fingerprint density at radius 3 is 1.96 bits per heavy atom. The van der Waals surface area contributed by atoms with E-state index in [0.717, 1.165) is 5.56 Å². The lowest BCUT2D eigenvalue weighted by Crippen LogP contribution is -2.38. The Balaban J connectivity index is 2.15. The molecule has 4 nitrogen and oxygen atoms in total. The van der Waals surface area contributed by atoms with E-state index in [0.29, 0.717) is 5.75 Å². The normalized spacial score (nSPS) is 13.8. The van der Waals surface area contributed by atoms with E-state index in [2.05, 4.69) is 0 Å². The van der Waals surface area contributed by atoms with E-state index in [4.69, 9.17) is 14.2 Å². The van der Waals surface area contributed by atoms with Gasteiger partial charge in [-0.2, -0.15) is 0 Å². The zero-order valence-electron chi connectivity index (χ0n) is 14.6. The molecule has 0 saturated carbocycles. The summed E-state index contributed by atoms with van der Waals surface area (Å²) >= 11 is 0. The summed E-state index contributed by atoms with van der Waals surface area (Å²) in [6, 6.07) is 18.4. The first-order valence-electron chi connectivity index (χ1n) is 7.94. The molecule has 0 amide bonds. The van der Waals surface area contributed by atoms with Gasteiger partial charge in [0, 0.05) is 0 Å². The van der Waals surface area contributed by atoms with Gasteiger partial charge in [-0.3, -0.25) is 0 Å². The second kappa shape index (κ2) is 7.49. The summed E-state index contributed by atoms with van der Waals surface area (Å²) in [4.78, 5) is 12.2. The smallest absolute Gasteiger partial charge is 0.420 e. The minimum Gasteiger partial charge on any atom is -0.420 e. The van der Waals surface area contributed by atoms with Crippen molar-refractivity contribution in [1.82, 2.24) is 0 Å². The van der Waals surface area contributed by atoms with E-state index < -0.39 is 11.8 Å². The molecule has 0 fully saturated rings. The van der Waals surface area contributed by atoms with Crippen molar-refractivity contribution < 1.29 is 19.0 Å². The molecule has 1 atom stereocenters. The maximum absolute atomic E-state index is 12.2. The largest absolute Gasteiger partial charge is 0.514 e. The number of para-hydroxylation sites is 1. The minimum atomic E-state index is -0.944. The number of hydrogen-bond donors (Lipinski definition) is 0. The lowest BCUT2D eigenvalue weighted by molar-refractivity contribution is -0.106. The molecule has 0 aliphatic rings. The summed E-state index contributed by atoms with van der Waals surface area (Å²) in [6.45, 7) is 7.92. The van der Waals surface area contributed by atoms with Gasteiger partial charge in [-0.1, -0.05) is 48.5 Å². The third-order valence-electron chi connectivity index (χ3n) is 3.42. The van der Waals surface area contributed by atoms with Gasteiger partial charge in [0.2, 0.25) is 0 Å². The fourth-order valence-electron chi connectivity index (χ4n) is 2.11. The predicted molar refractivity (Wildman–Crippen MR) is 93.1 cm³/mol. The molecule has 2 aromatic carbocycles. The molecule has 0 spiro atoms. The zero-order chi connectivity index (χ0) is 17.6. The summed E-state index contributed by atoms with van der Waals surface area (Å²) in [5.41, 5.74) is -0.442. The molecule has 0 N–H and O–H groups in total. The zero-order valence-corrected chi connectivity index (χ0v) is 14.6. The number of ether oxygens (including phenoxy) is 3. The maximum Gasteiger partial charge on any atom is 0.514 e. The molecule has 1 unspecified atom stereocenters. The molecule has 0 radical (unpaired) electrons. The van der Waals surface area contributed by atoms with Crippen LogP contribution in [0.15, 0.2) is 60.7 Å². The summed E-state index contributed by atoms with van der Waals surface area (Å²) in [5, 5.41) is 0. The summed E-state index contributed by atoms with van der Waals surface area (Å²) in [5.74, 6) is 0.439. The van der Waals surface area contributed by atoms with Crippen LogP contribution < -0.4 is 4.74 Å². The van der Waals surface area contributed by atoms with Crippen LogP contribution in [0, 0.1) is 0 Å². The lowest BCUT2D eigenvalue weighted by atomic mass is 9.96. The molecule has 2 aromatic rings. The SMILES string of the molecule is CC(C)(C)OCC(C)(OC(=O)Oc1ccccc1)c1ccccc1. The first-order chi connectivity index (χ1) is 11.3. The summed E-state index contributed by atoms with van der Waals surface area (Å²) in [6.07, 6.45) is -0.759. The van der Waals surface area contributed by atoms with Crippen LogP contribution in [0.3, 0.4) is 0 Å². The quantitative estimate of drug-likeness (QED) is 0.576. The van der Waals surface area contributed by atoms with Gasteiger partial charge in [0.1, 0.15) is 5.75 Å². The second-order valence-electron chi connectivity index (χ2n) is 6.77. The second-order valence-corrected chi connectivity index (χ2v) is 6.77. The summed E-state index contributed by atoms with van der Waals surface area (Å²) < 4.78 is 16.8. The molecule has 0 aliphatic carbocycles. The fourth-order valence-corrected chi connectivity index (χ4v) is 2.11. The monoisotopic (exact) mass is 328 g/mol. The molecule has 2 rings (SSSR count). The Bertz CT molecular complexity index is 646. The molecular formula is C20H24O4.